The Balaban J connectivity index is 1.35. The number of carbonyl (C=O) groups is 3. The lowest BCUT2D eigenvalue weighted by molar-refractivity contribution is -0.152. The molecule has 2 aliphatic rings. The third-order valence-electron chi connectivity index (χ3n) is 5.35. The van der Waals surface area contributed by atoms with Gasteiger partial charge in [-0.3, -0.25) is 14.4 Å². The third kappa shape index (κ3) is 4.19. The minimum atomic E-state index is -0.456. The van der Waals surface area contributed by atoms with Gasteiger partial charge in [0, 0.05) is 49.9 Å². The predicted octanol–water partition coefficient (Wildman–Crippen LogP) is 1.54. The summed E-state index contributed by atoms with van der Waals surface area (Å²) in [5.41, 5.74) is 1.36. The zero-order chi connectivity index (χ0) is 20.4. The van der Waals surface area contributed by atoms with E-state index in [1.807, 2.05) is 24.3 Å². The maximum absolute atomic E-state index is 12.8. The van der Waals surface area contributed by atoms with Gasteiger partial charge in [0.25, 0.3) is 5.91 Å². The van der Waals surface area contributed by atoms with Gasteiger partial charge in [-0.1, -0.05) is 15.9 Å². The van der Waals surface area contributed by atoms with Crippen LogP contribution in [0.5, 0.6) is 0 Å². The molecule has 2 aliphatic heterocycles. The Hall–Kier alpha value is -2.68. The first-order valence-electron chi connectivity index (χ1n) is 9.71. The molecule has 29 heavy (non-hydrogen) atoms. The summed E-state index contributed by atoms with van der Waals surface area (Å²) in [5.74, 6) is -0.994. The van der Waals surface area contributed by atoms with E-state index in [0.29, 0.717) is 44.8 Å². The summed E-state index contributed by atoms with van der Waals surface area (Å²) >= 11 is 3.40. The fraction of sp³-hybridized carbons (Fsp3) is 0.400. The summed E-state index contributed by atoms with van der Waals surface area (Å²) in [6.45, 7) is 2.86. The van der Waals surface area contributed by atoms with Crippen LogP contribution in [0.2, 0.25) is 0 Å². The Labute approximate surface area is 177 Å². The summed E-state index contributed by atoms with van der Waals surface area (Å²) < 4.78 is 2.63. The Kier molecular flexibility index (Phi) is 5.66. The second-order valence-corrected chi connectivity index (χ2v) is 8.15. The standard InChI is InChI=1S/C20H22BrN5O3/c21-16-3-5-17(6-4-16)26-14-15(13-22-26)18(27)24-9-11-25(12-10-24)20(29)19(28)23-7-1-2-8-23/h3-6,13-14H,1-2,7-12H2. The quantitative estimate of drug-likeness (QED) is 0.638. The largest absolute Gasteiger partial charge is 0.335 e. The van der Waals surface area contributed by atoms with Gasteiger partial charge < -0.3 is 14.7 Å². The lowest BCUT2D eigenvalue weighted by Crippen LogP contribution is -2.54. The van der Waals surface area contributed by atoms with Crippen LogP contribution >= 0.6 is 15.9 Å². The van der Waals surface area contributed by atoms with Gasteiger partial charge in [0.2, 0.25) is 0 Å². The summed E-state index contributed by atoms with van der Waals surface area (Å²) in [6, 6.07) is 7.65. The van der Waals surface area contributed by atoms with E-state index >= 15 is 0 Å². The molecule has 2 aromatic rings. The van der Waals surface area contributed by atoms with Crippen LogP contribution < -0.4 is 0 Å². The molecule has 0 unspecified atom stereocenters. The topological polar surface area (TPSA) is 78.8 Å². The fourth-order valence-electron chi connectivity index (χ4n) is 3.65. The number of likely N-dealkylation sites (tertiary alicyclic amines) is 1. The second-order valence-electron chi connectivity index (χ2n) is 7.23. The molecular formula is C20H22BrN5O3. The zero-order valence-corrected chi connectivity index (χ0v) is 17.5. The van der Waals surface area contributed by atoms with Gasteiger partial charge in [0.05, 0.1) is 17.4 Å². The van der Waals surface area contributed by atoms with Gasteiger partial charge in [-0.25, -0.2) is 4.68 Å². The molecule has 0 aliphatic carbocycles. The minimum Gasteiger partial charge on any atom is -0.335 e. The Morgan fingerprint density at radius 2 is 1.34 bits per heavy atom. The SMILES string of the molecule is O=C(C(=O)N1CCN(C(=O)c2cnn(-c3ccc(Br)cc3)c2)CC1)N1CCCC1. The number of halogens is 1. The molecule has 0 N–H and O–H groups in total. The number of hydrogen-bond donors (Lipinski definition) is 0. The lowest BCUT2D eigenvalue weighted by Gasteiger charge is -2.34. The molecule has 2 fully saturated rings. The molecule has 3 heterocycles. The molecule has 152 valence electrons. The number of carbonyl (C=O) groups excluding carboxylic acids is 3. The molecule has 0 atom stereocenters. The molecule has 1 aromatic heterocycles. The molecule has 0 radical (unpaired) electrons. The van der Waals surface area contributed by atoms with E-state index < -0.39 is 11.8 Å². The van der Waals surface area contributed by atoms with E-state index in [0.717, 1.165) is 23.0 Å². The van der Waals surface area contributed by atoms with Crippen molar-refractivity contribution in [1.82, 2.24) is 24.5 Å². The van der Waals surface area contributed by atoms with Crippen molar-refractivity contribution in [2.75, 3.05) is 39.3 Å². The molecule has 9 heteroatoms. The van der Waals surface area contributed by atoms with Gasteiger partial charge in [-0.05, 0) is 37.1 Å². The van der Waals surface area contributed by atoms with E-state index in [9.17, 15) is 14.4 Å². The monoisotopic (exact) mass is 459 g/mol. The predicted molar refractivity (Wildman–Crippen MR) is 110 cm³/mol. The summed E-state index contributed by atoms with van der Waals surface area (Å²) in [6.07, 6.45) is 5.17. The number of rotatable bonds is 2. The third-order valence-corrected chi connectivity index (χ3v) is 5.88. The molecule has 0 spiro atoms. The highest BCUT2D eigenvalue weighted by Gasteiger charge is 2.32. The van der Waals surface area contributed by atoms with Gasteiger partial charge in [-0.15, -0.1) is 0 Å². The van der Waals surface area contributed by atoms with E-state index in [4.69, 9.17) is 0 Å². The minimum absolute atomic E-state index is 0.119. The van der Waals surface area contributed by atoms with Crippen LogP contribution in [0.25, 0.3) is 5.69 Å². The molecule has 0 bridgehead atoms. The van der Waals surface area contributed by atoms with Crippen LogP contribution in [-0.4, -0.2) is 81.5 Å². The first-order valence-corrected chi connectivity index (χ1v) is 10.5. The van der Waals surface area contributed by atoms with E-state index in [1.54, 1.807) is 31.8 Å². The second kappa shape index (κ2) is 8.36. The highest BCUT2D eigenvalue weighted by atomic mass is 79.9. The molecule has 1 aromatic carbocycles. The van der Waals surface area contributed by atoms with Crippen LogP contribution in [0.4, 0.5) is 0 Å². The van der Waals surface area contributed by atoms with E-state index in [1.165, 1.54) is 0 Å². The molecular weight excluding hydrogens is 438 g/mol. The van der Waals surface area contributed by atoms with Crippen molar-refractivity contribution in [1.29, 1.82) is 0 Å². The Morgan fingerprint density at radius 1 is 0.793 bits per heavy atom. The smallest absolute Gasteiger partial charge is 0.312 e. The van der Waals surface area contributed by atoms with Gasteiger partial charge in [0.1, 0.15) is 0 Å². The van der Waals surface area contributed by atoms with Crippen molar-refractivity contribution in [2.45, 2.75) is 12.8 Å². The summed E-state index contributed by atoms with van der Waals surface area (Å²) in [4.78, 5) is 42.4. The van der Waals surface area contributed by atoms with Crippen molar-refractivity contribution in [3.05, 3.63) is 46.7 Å². The van der Waals surface area contributed by atoms with Gasteiger partial charge in [0.15, 0.2) is 0 Å². The number of nitrogens with zero attached hydrogens (tertiary/aromatic N) is 5. The fourth-order valence-corrected chi connectivity index (χ4v) is 3.92. The van der Waals surface area contributed by atoms with Crippen LogP contribution in [0.1, 0.15) is 23.2 Å². The summed E-state index contributed by atoms with van der Waals surface area (Å²) in [7, 11) is 0. The normalized spacial score (nSPS) is 16.9. The molecule has 8 nitrogen and oxygen atoms in total. The average molecular weight is 460 g/mol. The van der Waals surface area contributed by atoms with Crippen molar-refractivity contribution >= 4 is 33.7 Å². The average Bonchev–Trinajstić information content (AvgIpc) is 3.45. The van der Waals surface area contributed by atoms with Crippen LogP contribution in [0, 0.1) is 0 Å². The van der Waals surface area contributed by atoms with Crippen LogP contribution in [0.15, 0.2) is 41.1 Å². The Morgan fingerprint density at radius 3 is 1.97 bits per heavy atom. The van der Waals surface area contributed by atoms with E-state index in [-0.39, 0.29) is 5.91 Å². The highest BCUT2D eigenvalue weighted by molar-refractivity contribution is 9.10. The lowest BCUT2D eigenvalue weighted by atomic mass is 10.2. The highest BCUT2D eigenvalue weighted by Crippen LogP contribution is 2.16. The number of hydrogen-bond acceptors (Lipinski definition) is 4. The molecule has 0 saturated carbocycles. The van der Waals surface area contributed by atoms with Gasteiger partial charge >= 0.3 is 11.8 Å². The first-order chi connectivity index (χ1) is 14.0. The van der Waals surface area contributed by atoms with Crippen LogP contribution in [0.3, 0.4) is 0 Å². The molecule has 2 saturated heterocycles. The Bertz CT molecular complexity index is 912. The molecule has 3 amide bonds. The van der Waals surface area contributed by atoms with Gasteiger partial charge in [-0.2, -0.15) is 5.10 Å². The van der Waals surface area contributed by atoms with Crippen molar-refractivity contribution in [3.63, 3.8) is 0 Å². The van der Waals surface area contributed by atoms with Crippen molar-refractivity contribution in [2.24, 2.45) is 0 Å². The van der Waals surface area contributed by atoms with E-state index in [2.05, 4.69) is 21.0 Å². The van der Waals surface area contributed by atoms with Crippen molar-refractivity contribution < 1.29 is 14.4 Å². The maximum atomic E-state index is 12.8. The first kappa shape index (κ1) is 19.6. The number of piperazine rings is 1. The number of benzene rings is 1. The maximum Gasteiger partial charge on any atom is 0.312 e. The number of amides is 3. The van der Waals surface area contributed by atoms with Crippen LogP contribution in [-0.2, 0) is 9.59 Å². The summed E-state index contributed by atoms with van der Waals surface area (Å²) in [5, 5.41) is 4.28. The number of aromatic nitrogens is 2. The molecule has 4 rings (SSSR count). The zero-order valence-electron chi connectivity index (χ0n) is 16.0. The van der Waals surface area contributed by atoms with Crippen molar-refractivity contribution in [3.8, 4) is 5.69 Å².